The lowest BCUT2D eigenvalue weighted by molar-refractivity contribution is -0.148. The van der Waals surface area contributed by atoms with Crippen LogP contribution in [0.2, 0.25) is 0 Å². The molecule has 0 aliphatic carbocycles. The maximum Gasteiger partial charge on any atom is 0.433 e. The first-order valence-electron chi connectivity index (χ1n) is 9.38. The fourth-order valence-electron chi connectivity index (χ4n) is 3.04. The van der Waals surface area contributed by atoms with E-state index in [1.54, 1.807) is 17.9 Å². The average Bonchev–Trinajstić information content (AvgIpc) is 2.72. The van der Waals surface area contributed by atoms with Gasteiger partial charge in [-0.1, -0.05) is 0 Å². The Morgan fingerprint density at radius 1 is 0.969 bits per heavy atom. The molecule has 1 fully saturated rings. The van der Waals surface area contributed by atoms with Crippen molar-refractivity contribution >= 4 is 17.7 Å². The summed E-state index contributed by atoms with van der Waals surface area (Å²) >= 11 is 0. The highest BCUT2D eigenvalue weighted by Gasteiger charge is 2.40. The Morgan fingerprint density at radius 2 is 1.50 bits per heavy atom. The van der Waals surface area contributed by atoms with Crippen LogP contribution >= 0.6 is 0 Å². The van der Waals surface area contributed by atoms with Crippen molar-refractivity contribution in [3.05, 3.63) is 35.5 Å². The number of carbonyl (C=O) groups excluding carboxylic acids is 1. The van der Waals surface area contributed by atoms with Gasteiger partial charge < -0.3 is 14.5 Å². The largest absolute Gasteiger partial charge is 0.455 e. The van der Waals surface area contributed by atoms with Gasteiger partial charge in [-0.15, -0.1) is 0 Å². The molecule has 174 valence electrons. The Labute approximate surface area is 178 Å². The quantitative estimate of drug-likeness (QED) is 0.504. The van der Waals surface area contributed by atoms with Crippen LogP contribution in [0.1, 0.15) is 37.2 Å². The van der Waals surface area contributed by atoms with Crippen molar-refractivity contribution in [3.63, 3.8) is 0 Å². The molecule has 1 aliphatic heterocycles. The van der Waals surface area contributed by atoms with Crippen LogP contribution in [0.5, 0.6) is 0 Å². The molecule has 0 saturated carbocycles. The summed E-state index contributed by atoms with van der Waals surface area (Å²) in [5, 5.41) is 0. The summed E-state index contributed by atoms with van der Waals surface area (Å²) in [6.45, 7) is 3.45. The molecule has 0 radical (unpaired) electrons. The van der Waals surface area contributed by atoms with E-state index in [0.717, 1.165) is 0 Å². The highest BCUT2D eigenvalue weighted by molar-refractivity contribution is 5.66. The Kier molecular flexibility index (Phi) is 6.41. The molecule has 0 unspecified atom stereocenters. The zero-order valence-corrected chi connectivity index (χ0v) is 16.9. The van der Waals surface area contributed by atoms with E-state index in [9.17, 15) is 31.1 Å². The maximum atomic E-state index is 13.0. The number of ether oxygens (including phenoxy) is 1. The standard InChI is InChI=1S/C18H18F6N6O2/c1-10(32-11(2)31)15-25-4-3-14(28-15)29-5-7-30(8-6-29)16-26-12(17(19,20)21)9-13(27-16)18(22,23)24/h3-4,9-10H,5-8H2,1-2H3/t10-/m1/s1. The van der Waals surface area contributed by atoms with Gasteiger partial charge in [0.25, 0.3) is 0 Å². The number of nitrogens with zero attached hydrogens (tertiary/aromatic N) is 6. The molecule has 2 aromatic heterocycles. The zero-order valence-electron chi connectivity index (χ0n) is 16.9. The van der Waals surface area contributed by atoms with E-state index in [-0.39, 0.29) is 38.1 Å². The van der Waals surface area contributed by atoms with Crippen molar-refractivity contribution in [2.24, 2.45) is 0 Å². The number of piperazine rings is 1. The van der Waals surface area contributed by atoms with Gasteiger partial charge in [0.15, 0.2) is 23.3 Å². The number of carbonyl (C=O) groups is 1. The first-order valence-corrected chi connectivity index (χ1v) is 9.38. The summed E-state index contributed by atoms with van der Waals surface area (Å²) in [6, 6.07) is 1.49. The van der Waals surface area contributed by atoms with Crippen molar-refractivity contribution < 1.29 is 35.9 Å². The molecule has 14 heteroatoms. The van der Waals surface area contributed by atoms with Crippen molar-refractivity contribution in [2.45, 2.75) is 32.3 Å². The minimum absolute atomic E-state index is 0.0669. The van der Waals surface area contributed by atoms with Crippen molar-refractivity contribution in [1.29, 1.82) is 0 Å². The fourth-order valence-corrected chi connectivity index (χ4v) is 3.04. The Hall–Kier alpha value is -3.19. The Morgan fingerprint density at radius 3 is 2.00 bits per heavy atom. The molecule has 0 aromatic carbocycles. The highest BCUT2D eigenvalue weighted by atomic mass is 19.4. The predicted octanol–water partition coefficient (Wildman–Crippen LogP) is 3.25. The van der Waals surface area contributed by atoms with E-state index in [1.165, 1.54) is 18.0 Å². The summed E-state index contributed by atoms with van der Waals surface area (Å²) in [5.74, 6) is -0.399. The van der Waals surface area contributed by atoms with Crippen LogP contribution in [0.15, 0.2) is 18.3 Å². The number of halogens is 6. The summed E-state index contributed by atoms with van der Waals surface area (Å²) < 4.78 is 83.3. The lowest BCUT2D eigenvalue weighted by Gasteiger charge is -2.35. The van der Waals surface area contributed by atoms with Gasteiger partial charge in [-0.25, -0.2) is 19.9 Å². The fraction of sp³-hybridized carbons (Fsp3) is 0.500. The molecule has 2 aromatic rings. The molecule has 0 N–H and O–H groups in total. The van der Waals surface area contributed by atoms with Gasteiger partial charge in [-0.05, 0) is 19.1 Å². The second kappa shape index (κ2) is 8.74. The molecule has 32 heavy (non-hydrogen) atoms. The molecular formula is C18H18F6N6O2. The van der Waals surface area contributed by atoms with E-state index in [0.29, 0.717) is 5.82 Å². The summed E-state index contributed by atoms with van der Waals surface area (Å²) in [7, 11) is 0. The number of rotatable bonds is 4. The van der Waals surface area contributed by atoms with Crippen LogP contribution in [-0.2, 0) is 21.9 Å². The molecule has 1 aliphatic rings. The van der Waals surface area contributed by atoms with Crippen molar-refractivity contribution in [1.82, 2.24) is 19.9 Å². The normalized spacial score (nSPS) is 16.1. The Balaban J connectivity index is 1.77. The number of aromatic nitrogens is 4. The SMILES string of the molecule is CC(=O)O[C@H](C)c1nccc(N2CCN(c3nc(C(F)(F)F)cc(C(F)(F)F)n3)CC2)n1. The highest BCUT2D eigenvalue weighted by Crippen LogP contribution is 2.34. The number of anilines is 2. The lowest BCUT2D eigenvalue weighted by atomic mass is 10.3. The number of alkyl halides is 6. The second-order valence-electron chi connectivity index (χ2n) is 6.93. The van der Waals surface area contributed by atoms with E-state index in [4.69, 9.17) is 4.74 Å². The van der Waals surface area contributed by atoms with Crippen LogP contribution < -0.4 is 9.80 Å². The van der Waals surface area contributed by atoms with E-state index in [2.05, 4.69) is 19.9 Å². The lowest BCUT2D eigenvalue weighted by Crippen LogP contribution is -2.47. The Bertz CT molecular complexity index is 943. The molecule has 0 spiro atoms. The third-order valence-electron chi connectivity index (χ3n) is 4.55. The summed E-state index contributed by atoms with van der Waals surface area (Å²) in [4.78, 5) is 29.1. The molecule has 0 amide bonds. The predicted molar refractivity (Wildman–Crippen MR) is 98.7 cm³/mol. The smallest absolute Gasteiger partial charge is 0.433 e. The molecular weight excluding hydrogens is 446 g/mol. The van der Waals surface area contributed by atoms with Crippen LogP contribution in [0.4, 0.5) is 38.1 Å². The van der Waals surface area contributed by atoms with Gasteiger partial charge in [0.1, 0.15) is 5.82 Å². The van der Waals surface area contributed by atoms with Gasteiger partial charge in [-0.3, -0.25) is 4.79 Å². The number of esters is 1. The van der Waals surface area contributed by atoms with E-state index < -0.39 is 41.8 Å². The van der Waals surface area contributed by atoms with Gasteiger partial charge >= 0.3 is 18.3 Å². The van der Waals surface area contributed by atoms with Gasteiger partial charge in [0, 0.05) is 39.3 Å². The van der Waals surface area contributed by atoms with Crippen molar-refractivity contribution in [3.8, 4) is 0 Å². The van der Waals surface area contributed by atoms with Crippen LogP contribution in [0.3, 0.4) is 0 Å². The topological polar surface area (TPSA) is 84.3 Å². The zero-order chi connectivity index (χ0) is 23.7. The third-order valence-corrected chi connectivity index (χ3v) is 4.55. The third kappa shape index (κ3) is 5.53. The van der Waals surface area contributed by atoms with Gasteiger partial charge in [0.2, 0.25) is 5.95 Å². The van der Waals surface area contributed by atoms with Gasteiger partial charge in [-0.2, -0.15) is 26.3 Å². The van der Waals surface area contributed by atoms with Crippen LogP contribution in [0, 0.1) is 0 Å². The van der Waals surface area contributed by atoms with E-state index >= 15 is 0 Å². The molecule has 0 bridgehead atoms. The number of hydrogen-bond acceptors (Lipinski definition) is 8. The molecule has 1 atom stereocenters. The molecule has 3 heterocycles. The van der Waals surface area contributed by atoms with Crippen molar-refractivity contribution in [2.75, 3.05) is 36.0 Å². The second-order valence-corrected chi connectivity index (χ2v) is 6.93. The monoisotopic (exact) mass is 464 g/mol. The van der Waals surface area contributed by atoms with Crippen LogP contribution in [-0.4, -0.2) is 52.1 Å². The number of hydrogen-bond donors (Lipinski definition) is 0. The average molecular weight is 464 g/mol. The van der Waals surface area contributed by atoms with Gasteiger partial charge in [0.05, 0.1) is 0 Å². The van der Waals surface area contributed by atoms with Crippen LogP contribution in [0.25, 0.3) is 0 Å². The summed E-state index contributed by atoms with van der Waals surface area (Å²) in [5.41, 5.74) is -3.31. The molecule has 3 rings (SSSR count). The minimum Gasteiger partial charge on any atom is -0.455 e. The molecule has 1 saturated heterocycles. The first kappa shape index (κ1) is 23.5. The minimum atomic E-state index is -5.05. The van der Waals surface area contributed by atoms with E-state index in [1.807, 2.05) is 0 Å². The maximum absolute atomic E-state index is 13.0. The first-order chi connectivity index (χ1) is 14.8. The summed E-state index contributed by atoms with van der Waals surface area (Å²) in [6.07, 6.45) is -9.31. The molecule has 8 nitrogen and oxygen atoms in total.